The summed E-state index contributed by atoms with van der Waals surface area (Å²) in [5.74, 6) is 0. The van der Waals surface area contributed by atoms with E-state index in [1.54, 1.807) is 0 Å². The third-order valence-corrected chi connectivity index (χ3v) is 6.85. The highest BCUT2D eigenvalue weighted by molar-refractivity contribution is 5.92. The number of rotatable bonds is 8. The fraction of sp³-hybridized carbons (Fsp3) is 0.0833. The molecule has 0 amide bonds. The Labute approximate surface area is 225 Å². The second-order valence-electron chi connectivity index (χ2n) is 9.36. The zero-order chi connectivity index (χ0) is 26.3. The van der Waals surface area contributed by atoms with E-state index in [0.29, 0.717) is 5.56 Å². The molecule has 0 saturated carbocycles. The molecule has 0 aliphatic carbocycles. The van der Waals surface area contributed by atoms with Gasteiger partial charge in [-0.25, -0.2) is 0 Å². The molecule has 0 aromatic heterocycles. The summed E-state index contributed by atoms with van der Waals surface area (Å²) in [5, 5.41) is 0. The molecular formula is C36H31NO. The molecule has 0 N–H and O–H groups in total. The lowest BCUT2D eigenvalue weighted by molar-refractivity contribution is 0.112. The Morgan fingerprint density at radius 3 is 1.66 bits per heavy atom. The van der Waals surface area contributed by atoms with Crippen molar-refractivity contribution in [1.29, 1.82) is 0 Å². The molecule has 2 heteroatoms. The van der Waals surface area contributed by atoms with Gasteiger partial charge < -0.3 is 4.90 Å². The third kappa shape index (κ3) is 5.35. The number of aryl methyl sites for hydroxylation is 2. The zero-order valence-corrected chi connectivity index (χ0v) is 21.8. The molecule has 0 radical (unpaired) electrons. The SMILES string of the molecule is CCc1cccc(C)c1N(c1ccc(C=O)cc1)c1ccc(C=C(c2ccccc2)c2ccccc2)cc1. The minimum atomic E-state index is 0.670. The number of hydrogen-bond donors (Lipinski definition) is 0. The minimum Gasteiger partial charge on any atom is -0.310 e. The number of anilines is 3. The van der Waals surface area contributed by atoms with Gasteiger partial charge in [0.2, 0.25) is 0 Å². The molecule has 0 aliphatic rings. The first-order chi connectivity index (χ1) is 18.7. The summed E-state index contributed by atoms with van der Waals surface area (Å²) >= 11 is 0. The molecule has 0 heterocycles. The maximum absolute atomic E-state index is 11.3. The monoisotopic (exact) mass is 493 g/mol. The molecule has 0 bridgehead atoms. The molecule has 0 fully saturated rings. The number of aldehydes is 1. The number of hydrogen-bond acceptors (Lipinski definition) is 2. The predicted molar refractivity (Wildman–Crippen MR) is 160 cm³/mol. The fourth-order valence-electron chi connectivity index (χ4n) is 4.89. The lowest BCUT2D eigenvalue weighted by atomic mass is 9.95. The van der Waals surface area contributed by atoms with Gasteiger partial charge in [0.25, 0.3) is 0 Å². The molecule has 0 atom stereocenters. The van der Waals surface area contributed by atoms with Gasteiger partial charge in [-0.3, -0.25) is 4.79 Å². The van der Waals surface area contributed by atoms with E-state index in [-0.39, 0.29) is 0 Å². The first-order valence-corrected chi connectivity index (χ1v) is 13.0. The number of para-hydroxylation sites is 1. The highest BCUT2D eigenvalue weighted by atomic mass is 16.1. The van der Waals surface area contributed by atoms with Crippen molar-refractivity contribution in [2.45, 2.75) is 20.3 Å². The van der Waals surface area contributed by atoms with Gasteiger partial charge in [0.05, 0.1) is 5.69 Å². The molecular weight excluding hydrogens is 462 g/mol. The van der Waals surface area contributed by atoms with Crippen LogP contribution in [0.1, 0.15) is 45.1 Å². The second kappa shape index (κ2) is 11.6. The summed E-state index contributed by atoms with van der Waals surface area (Å²) in [4.78, 5) is 13.6. The van der Waals surface area contributed by atoms with Crippen LogP contribution in [0.4, 0.5) is 17.1 Å². The van der Waals surface area contributed by atoms with Crippen molar-refractivity contribution < 1.29 is 4.79 Å². The van der Waals surface area contributed by atoms with Gasteiger partial charge in [0.15, 0.2) is 0 Å². The first-order valence-electron chi connectivity index (χ1n) is 13.0. The Kier molecular flexibility index (Phi) is 7.61. The molecule has 5 rings (SSSR count). The molecule has 2 nitrogen and oxygen atoms in total. The van der Waals surface area contributed by atoms with Crippen LogP contribution in [0.5, 0.6) is 0 Å². The van der Waals surface area contributed by atoms with Crippen molar-refractivity contribution in [3.63, 3.8) is 0 Å². The van der Waals surface area contributed by atoms with E-state index in [0.717, 1.165) is 29.6 Å². The van der Waals surface area contributed by atoms with E-state index >= 15 is 0 Å². The molecule has 0 aliphatic heterocycles. The number of carbonyl (C=O) groups excluding carboxylic acids is 1. The average Bonchev–Trinajstić information content (AvgIpc) is 2.98. The molecule has 38 heavy (non-hydrogen) atoms. The second-order valence-corrected chi connectivity index (χ2v) is 9.36. The third-order valence-electron chi connectivity index (χ3n) is 6.85. The normalized spacial score (nSPS) is 10.6. The van der Waals surface area contributed by atoms with E-state index < -0.39 is 0 Å². The summed E-state index contributed by atoms with van der Waals surface area (Å²) in [6, 6.07) is 44.0. The maximum Gasteiger partial charge on any atom is 0.150 e. The standard InChI is InChI=1S/C36H31NO/c1-3-30-16-10-11-27(2)36(30)37(34-23-19-29(26-38)20-24-34)33-21-17-28(18-22-33)25-35(31-12-6-4-7-13-31)32-14-8-5-9-15-32/h4-26H,3H2,1-2H3. The Morgan fingerprint density at radius 1 is 0.632 bits per heavy atom. The van der Waals surface area contributed by atoms with Crippen LogP contribution >= 0.6 is 0 Å². The number of benzene rings is 5. The molecule has 5 aromatic rings. The lowest BCUT2D eigenvalue weighted by Gasteiger charge is -2.29. The van der Waals surface area contributed by atoms with Crippen LogP contribution in [-0.2, 0) is 6.42 Å². The topological polar surface area (TPSA) is 20.3 Å². The molecule has 0 saturated heterocycles. The zero-order valence-electron chi connectivity index (χ0n) is 21.8. The number of carbonyl (C=O) groups is 1. The summed E-state index contributed by atoms with van der Waals surface area (Å²) in [6.07, 6.45) is 4.07. The summed E-state index contributed by atoms with van der Waals surface area (Å²) in [7, 11) is 0. The van der Waals surface area contributed by atoms with Crippen LogP contribution in [0.15, 0.2) is 127 Å². The Bertz CT molecular complexity index is 1490. The van der Waals surface area contributed by atoms with Crippen LogP contribution in [0.2, 0.25) is 0 Å². The van der Waals surface area contributed by atoms with Crippen molar-refractivity contribution in [2.75, 3.05) is 4.90 Å². The van der Waals surface area contributed by atoms with Crippen molar-refractivity contribution in [1.82, 2.24) is 0 Å². The van der Waals surface area contributed by atoms with Gasteiger partial charge in [-0.1, -0.05) is 97.9 Å². The summed E-state index contributed by atoms with van der Waals surface area (Å²) in [5.41, 5.74) is 11.1. The van der Waals surface area contributed by atoms with Crippen molar-refractivity contribution >= 4 is 35.0 Å². The Morgan fingerprint density at radius 2 is 1.16 bits per heavy atom. The quantitative estimate of drug-likeness (QED) is 0.158. The number of nitrogens with zero attached hydrogens (tertiary/aromatic N) is 1. The smallest absolute Gasteiger partial charge is 0.150 e. The van der Waals surface area contributed by atoms with Gasteiger partial charge in [-0.2, -0.15) is 0 Å². The molecule has 0 spiro atoms. The van der Waals surface area contributed by atoms with Gasteiger partial charge in [0, 0.05) is 16.9 Å². The van der Waals surface area contributed by atoms with E-state index in [4.69, 9.17) is 0 Å². The van der Waals surface area contributed by atoms with Gasteiger partial charge in [-0.15, -0.1) is 0 Å². The largest absolute Gasteiger partial charge is 0.310 e. The van der Waals surface area contributed by atoms with Crippen LogP contribution in [0.3, 0.4) is 0 Å². The molecule has 5 aromatic carbocycles. The van der Waals surface area contributed by atoms with Crippen LogP contribution in [0, 0.1) is 6.92 Å². The first kappa shape index (κ1) is 25.0. The van der Waals surface area contributed by atoms with Crippen LogP contribution in [0.25, 0.3) is 11.6 Å². The van der Waals surface area contributed by atoms with Crippen LogP contribution in [-0.4, -0.2) is 6.29 Å². The summed E-state index contributed by atoms with van der Waals surface area (Å²) < 4.78 is 0. The van der Waals surface area contributed by atoms with Crippen molar-refractivity contribution in [3.8, 4) is 0 Å². The van der Waals surface area contributed by atoms with Gasteiger partial charge in [0.1, 0.15) is 6.29 Å². The fourth-order valence-corrected chi connectivity index (χ4v) is 4.89. The van der Waals surface area contributed by atoms with E-state index in [2.05, 4.69) is 116 Å². The maximum atomic E-state index is 11.3. The highest BCUT2D eigenvalue weighted by Crippen LogP contribution is 2.39. The average molecular weight is 494 g/mol. The Hall–Kier alpha value is -4.69. The summed E-state index contributed by atoms with van der Waals surface area (Å²) in [6.45, 7) is 4.35. The van der Waals surface area contributed by atoms with Crippen molar-refractivity contribution in [3.05, 3.63) is 161 Å². The predicted octanol–water partition coefficient (Wildman–Crippen LogP) is 9.43. The van der Waals surface area contributed by atoms with E-state index in [9.17, 15) is 4.79 Å². The van der Waals surface area contributed by atoms with Gasteiger partial charge in [-0.05, 0) is 89.2 Å². The van der Waals surface area contributed by atoms with E-state index in [1.165, 1.54) is 33.5 Å². The van der Waals surface area contributed by atoms with Gasteiger partial charge >= 0.3 is 0 Å². The minimum absolute atomic E-state index is 0.670. The van der Waals surface area contributed by atoms with E-state index in [1.807, 2.05) is 36.4 Å². The van der Waals surface area contributed by atoms with Crippen LogP contribution < -0.4 is 4.90 Å². The molecule has 0 unspecified atom stereocenters. The lowest BCUT2D eigenvalue weighted by Crippen LogP contribution is -2.13. The Balaban J connectivity index is 1.60. The van der Waals surface area contributed by atoms with Crippen molar-refractivity contribution in [2.24, 2.45) is 0 Å². The highest BCUT2D eigenvalue weighted by Gasteiger charge is 2.17. The molecule has 186 valence electrons.